The van der Waals surface area contributed by atoms with Gasteiger partial charge < -0.3 is 19.5 Å². The third-order valence-corrected chi connectivity index (χ3v) is 4.62. The van der Waals surface area contributed by atoms with E-state index in [0.717, 1.165) is 24.0 Å². The maximum atomic E-state index is 5.75. The van der Waals surface area contributed by atoms with Crippen LogP contribution >= 0.6 is 12.2 Å². The van der Waals surface area contributed by atoms with Crippen LogP contribution in [0.1, 0.15) is 45.0 Å². The van der Waals surface area contributed by atoms with Crippen molar-refractivity contribution in [3.05, 3.63) is 53.9 Å². The Kier molecular flexibility index (Phi) is 5.04. The standard InChI is InChI=1S/C20H27N3OS/c1-5-24-16-10-8-15(9-11-16)18-17-7-6-12-22(17)13-14-23(18)19(25)21-20(2,3)4/h6-12,18H,5,13-14H2,1-4H3,(H,21,25). The second-order valence-corrected chi connectivity index (χ2v) is 7.79. The Morgan fingerprint density at radius 3 is 2.56 bits per heavy atom. The van der Waals surface area contributed by atoms with Crippen molar-refractivity contribution >= 4 is 17.3 Å². The normalized spacial score (nSPS) is 17.1. The van der Waals surface area contributed by atoms with Crippen molar-refractivity contribution in [1.29, 1.82) is 0 Å². The number of hydrogen-bond donors (Lipinski definition) is 1. The first-order chi connectivity index (χ1) is 11.9. The first-order valence-corrected chi connectivity index (χ1v) is 9.26. The predicted molar refractivity (Wildman–Crippen MR) is 106 cm³/mol. The summed E-state index contributed by atoms with van der Waals surface area (Å²) in [5, 5.41) is 4.27. The molecule has 3 rings (SSSR count). The molecule has 0 saturated carbocycles. The monoisotopic (exact) mass is 357 g/mol. The molecule has 0 fully saturated rings. The number of nitrogens with one attached hydrogen (secondary N) is 1. The molecule has 2 heterocycles. The molecule has 1 aliphatic heterocycles. The van der Waals surface area contributed by atoms with Gasteiger partial charge in [0.15, 0.2) is 5.11 Å². The van der Waals surface area contributed by atoms with Gasteiger partial charge in [0, 0.05) is 30.5 Å². The van der Waals surface area contributed by atoms with Crippen LogP contribution in [0.15, 0.2) is 42.6 Å². The van der Waals surface area contributed by atoms with Crippen molar-refractivity contribution in [3.8, 4) is 5.75 Å². The number of benzene rings is 1. The average molecular weight is 358 g/mol. The lowest BCUT2D eigenvalue weighted by molar-refractivity contribution is 0.278. The minimum atomic E-state index is -0.0557. The van der Waals surface area contributed by atoms with Crippen molar-refractivity contribution in [3.63, 3.8) is 0 Å². The van der Waals surface area contributed by atoms with Crippen molar-refractivity contribution in [2.45, 2.75) is 45.8 Å². The molecule has 2 aromatic rings. The fourth-order valence-corrected chi connectivity index (χ4v) is 3.76. The van der Waals surface area contributed by atoms with Crippen LogP contribution in [0.2, 0.25) is 0 Å². The highest BCUT2D eigenvalue weighted by molar-refractivity contribution is 7.80. The maximum absolute atomic E-state index is 5.75. The number of hydrogen-bond acceptors (Lipinski definition) is 2. The summed E-state index contributed by atoms with van der Waals surface area (Å²) in [7, 11) is 0. The van der Waals surface area contributed by atoms with Gasteiger partial charge in [0.05, 0.1) is 12.6 Å². The number of fused-ring (bicyclic) bond motifs is 1. The Labute approximate surface area is 155 Å². The summed E-state index contributed by atoms with van der Waals surface area (Å²) < 4.78 is 7.90. The summed E-state index contributed by atoms with van der Waals surface area (Å²) in [5.41, 5.74) is 2.44. The number of ether oxygens (including phenoxy) is 1. The van der Waals surface area contributed by atoms with Gasteiger partial charge in [-0.3, -0.25) is 0 Å². The summed E-state index contributed by atoms with van der Waals surface area (Å²) in [5.74, 6) is 0.902. The van der Waals surface area contributed by atoms with Crippen molar-refractivity contribution in [1.82, 2.24) is 14.8 Å². The Morgan fingerprint density at radius 1 is 1.20 bits per heavy atom. The SMILES string of the molecule is CCOc1ccc(C2c3cccn3CCN2C(=S)NC(C)(C)C)cc1. The fraction of sp³-hybridized carbons (Fsp3) is 0.450. The second-order valence-electron chi connectivity index (χ2n) is 7.40. The first kappa shape index (κ1) is 17.8. The van der Waals surface area contributed by atoms with E-state index >= 15 is 0 Å². The van der Waals surface area contributed by atoms with E-state index in [0.29, 0.717) is 6.61 Å². The van der Waals surface area contributed by atoms with E-state index in [4.69, 9.17) is 17.0 Å². The Balaban J connectivity index is 1.94. The molecule has 4 nitrogen and oxygen atoms in total. The van der Waals surface area contributed by atoms with Crippen LogP contribution in [0.4, 0.5) is 0 Å². The van der Waals surface area contributed by atoms with Gasteiger partial charge in [-0.15, -0.1) is 0 Å². The van der Waals surface area contributed by atoms with Crippen LogP contribution in [-0.4, -0.2) is 33.3 Å². The highest BCUT2D eigenvalue weighted by Gasteiger charge is 2.31. The molecule has 0 spiro atoms. The van der Waals surface area contributed by atoms with E-state index in [1.165, 1.54) is 11.3 Å². The van der Waals surface area contributed by atoms with Crippen LogP contribution in [0, 0.1) is 0 Å². The highest BCUT2D eigenvalue weighted by Crippen LogP contribution is 2.33. The topological polar surface area (TPSA) is 29.4 Å². The minimum Gasteiger partial charge on any atom is -0.494 e. The Bertz CT molecular complexity index is 730. The van der Waals surface area contributed by atoms with Gasteiger partial charge in [-0.25, -0.2) is 0 Å². The molecular formula is C20H27N3OS. The molecule has 1 unspecified atom stereocenters. The van der Waals surface area contributed by atoms with E-state index in [1.807, 2.05) is 19.1 Å². The predicted octanol–water partition coefficient (Wildman–Crippen LogP) is 3.96. The van der Waals surface area contributed by atoms with Crippen LogP contribution in [0.3, 0.4) is 0 Å². The maximum Gasteiger partial charge on any atom is 0.170 e. The summed E-state index contributed by atoms with van der Waals surface area (Å²) >= 11 is 5.75. The van der Waals surface area contributed by atoms with Crippen LogP contribution in [-0.2, 0) is 6.54 Å². The molecule has 0 amide bonds. The fourth-order valence-electron chi connectivity index (χ4n) is 3.26. The summed E-state index contributed by atoms with van der Waals surface area (Å²) in [6.45, 7) is 10.9. The summed E-state index contributed by atoms with van der Waals surface area (Å²) in [4.78, 5) is 2.30. The molecule has 0 saturated heterocycles. The van der Waals surface area contributed by atoms with E-state index in [-0.39, 0.29) is 11.6 Å². The first-order valence-electron chi connectivity index (χ1n) is 8.85. The quantitative estimate of drug-likeness (QED) is 0.842. The van der Waals surface area contributed by atoms with Gasteiger partial charge in [-0.2, -0.15) is 0 Å². The zero-order valence-corrected chi connectivity index (χ0v) is 16.3. The Hall–Kier alpha value is -2.01. The van der Waals surface area contributed by atoms with Crippen molar-refractivity contribution in [2.75, 3.05) is 13.2 Å². The molecule has 1 atom stereocenters. The largest absolute Gasteiger partial charge is 0.494 e. The van der Waals surface area contributed by atoms with Crippen LogP contribution in [0.25, 0.3) is 0 Å². The molecule has 0 aliphatic carbocycles. The number of rotatable bonds is 3. The van der Waals surface area contributed by atoms with Gasteiger partial charge in [0.2, 0.25) is 0 Å². The number of thiocarbonyl (C=S) groups is 1. The smallest absolute Gasteiger partial charge is 0.170 e. The Morgan fingerprint density at radius 2 is 1.92 bits per heavy atom. The van der Waals surface area contributed by atoms with Gasteiger partial charge in [-0.05, 0) is 69.7 Å². The van der Waals surface area contributed by atoms with E-state index in [2.05, 4.69) is 66.0 Å². The highest BCUT2D eigenvalue weighted by atomic mass is 32.1. The van der Waals surface area contributed by atoms with E-state index in [1.54, 1.807) is 0 Å². The molecule has 0 radical (unpaired) electrons. The number of aromatic nitrogens is 1. The van der Waals surface area contributed by atoms with Gasteiger partial charge in [-0.1, -0.05) is 12.1 Å². The molecule has 5 heteroatoms. The van der Waals surface area contributed by atoms with Crippen LogP contribution < -0.4 is 10.1 Å². The van der Waals surface area contributed by atoms with E-state index < -0.39 is 0 Å². The molecule has 1 N–H and O–H groups in total. The second kappa shape index (κ2) is 7.08. The lowest BCUT2D eigenvalue weighted by Crippen LogP contribution is -2.52. The lowest BCUT2D eigenvalue weighted by atomic mass is 10.00. The van der Waals surface area contributed by atoms with Crippen LogP contribution in [0.5, 0.6) is 5.75 Å². The molecule has 1 aliphatic rings. The zero-order valence-electron chi connectivity index (χ0n) is 15.5. The lowest BCUT2D eigenvalue weighted by Gasteiger charge is -2.40. The number of nitrogens with zero attached hydrogens (tertiary/aromatic N) is 2. The molecule has 134 valence electrons. The van der Waals surface area contributed by atoms with Crippen molar-refractivity contribution in [2.24, 2.45) is 0 Å². The molecule has 1 aromatic carbocycles. The van der Waals surface area contributed by atoms with Gasteiger partial charge >= 0.3 is 0 Å². The van der Waals surface area contributed by atoms with Crippen molar-refractivity contribution < 1.29 is 4.74 Å². The molecule has 1 aromatic heterocycles. The molecule has 25 heavy (non-hydrogen) atoms. The molecule has 0 bridgehead atoms. The summed E-state index contributed by atoms with van der Waals surface area (Å²) in [6.07, 6.45) is 2.15. The average Bonchev–Trinajstić information content (AvgIpc) is 3.02. The molecular weight excluding hydrogens is 330 g/mol. The summed E-state index contributed by atoms with van der Waals surface area (Å²) in [6, 6.07) is 12.8. The third-order valence-electron chi connectivity index (χ3n) is 4.29. The van der Waals surface area contributed by atoms with Gasteiger partial charge in [0.1, 0.15) is 5.75 Å². The minimum absolute atomic E-state index is 0.0557. The third kappa shape index (κ3) is 3.98. The van der Waals surface area contributed by atoms with E-state index in [9.17, 15) is 0 Å². The van der Waals surface area contributed by atoms with Gasteiger partial charge in [0.25, 0.3) is 0 Å². The zero-order chi connectivity index (χ0) is 18.0.